The number of anilines is 1. The highest BCUT2D eigenvalue weighted by Crippen LogP contribution is 2.47. The highest BCUT2D eigenvalue weighted by molar-refractivity contribution is 8.22. The van der Waals surface area contributed by atoms with E-state index in [0.717, 1.165) is 25.7 Å². The Morgan fingerprint density at radius 2 is 1.67 bits per heavy atom. The van der Waals surface area contributed by atoms with Crippen LogP contribution in [0.25, 0.3) is 0 Å². The Morgan fingerprint density at radius 1 is 1.00 bits per heavy atom. The largest absolute Gasteiger partial charge is 0.469 e. The van der Waals surface area contributed by atoms with Crippen LogP contribution in [0.3, 0.4) is 0 Å². The van der Waals surface area contributed by atoms with Crippen molar-refractivity contribution in [2.75, 3.05) is 25.7 Å². The average Bonchev–Trinajstić information content (AvgIpc) is 3.34. The molecule has 1 fully saturated rings. The van der Waals surface area contributed by atoms with Crippen LogP contribution in [-0.2, 0) is 9.53 Å². The molecule has 0 spiro atoms. The van der Waals surface area contributed by atoms with Crippen LogP contribution in [0.4, 0.5) is 5.69 Å². The summed E-state index contributed by atoms with van der Waals surface area (Å²) in [7, 11) is 2.94. The molecule has 2 aliphatic heterocycles. The van der Waals surface area contributed by atoms with E-state index in [1.54, 1.807) is 0 Å². The van der Waals surface area contributed by atoms with E-state index in [9.17, 15) is 4.79 Å². The minimum absolute atomic E-state index is 0.0471. The molecule has 1 saturated carbocycles. The highest BCUT2D eigenvalue weighted by atomic mass is 32.2. The lowest BCUT2D eigenvalue weighted by molar-refractivity contribution is -0.146. The fourth-order valence-corrected chi connectivity index (χ4v) is 10.2. The van der Waals surface area contributed by atoms with Crippen molar-refractivity contribution in [1.29, 1.82) is 0 Å². The highest BCUT2D eigenvalue weighted by Gasteiger charge is 2.30. The Bertz CT molecular complexity index is 1180. The minimum Gasteiger partial charge on any atom is -0.469 e. The second-order valence-electron chi connectivity index (χ2n) is 8.91. The first-order chi connectivity index (χ1) is 16.0. The van der Waals surface area contributed by atoms with Crippen LogP contribution in [0.5, 0.6) is 0 Å². The summed E-state index contributed by atoms with van der Waals surface area (Å²) < 4.78 is 6.54. The maximum Gasteiger partial charge on any atom is 0.308 e. The van der Waals surface area contributed by atoms with Crippen LogP contribution in [0.15, 0.2) is 81.1 Å². The molecular formula is C27H30NO2PS2. The van der Waals surface area contributed by atoms with Crippen molar-refractivity contribution in [1.82, 2.24) is 0 Å². The molecule has 0 radical (unpaired) electrons. The van der Waals surface area contributed by atoms with Gasteiger partial charge in [-0.15, -0.1) is 0 Å². The Balaban J connectivity index is 1.47. The molecule has 0 bridgehead atoms. The Hall–Kier alpha value is -1.81. The molecule has 1 atom stereocenters. The lowest BCUT2D eigenvalue weighted by Gasteiger charge is -2.28. The van der Waals surface area contributed by atoms with Gasteiger partial charge in [-0.05, 0) is 79.5 Å². The predicted molar refractivity (Wildman–Crippen MR) is 146 cm³/mol. The third-order valence-electron chi connectivity index (χ3n) is 6.97. The van der Waals surface area contributed by atoms with Gasteiger partial charge in [0, 0.05) is 21.5 Å². The van der Waals surface area contributed by atoms with E-state index in [1.807, 2.05) is 23.5 Å². The SMILES string of the molecule is COC(=O)C1CCC(C(=C\C2=[PH](C)c3ccccc3S2)/C=C2/Sc3ccccc3N2C)CC1. The van der Waals surface area contributed by atoms with E-state index >= 15 is 0 Å². The third kappa shape index (κ3) is 4.60. The summed E-state index contributed by atoms with van der Waals surface area (Å²) in [5, 5.41) is 2.81. The lowest BCUT2D eigenvalue weighted by Crippen LogP contribution is -2.23. The normalized spacial score (nSPS) is 25.8. The molecule has 172 valence electrons. The van der Waals surface area contributed by atoms with Gasteiger partial charge in [0.2, 0.25) is 0 Å². The summed E-state index contributed by atoms with van der Waals surface area (Å²) in [6.45, 7) is 2.42. The van der Waals surface area contributed by atoms with Crippen molar-refractivity contribution < 1.29 is 9.53 Å². The molecule has 0 aromatic heterocycles. The van der Waals surface area contributed by atoms with Gasteiger partial charge in [-0.3, -0.25) is 4.79 Å². The van der Waals surface area contributed by atoms with E-state index in [-0.39, 0.29) is 11.9 Å². The molecule has 2 aromatic carbocycles. The second kappa shape index (κ2) is 9.82. The van der Waals surface area contributed by atoms with Crippen molar-refractivity contribution in [3.63, 3.8) is 0 Å². The monoisotopic (exact) mass is 495 g/mol. The van der Waals surface area contributed by atoms with E-state index in [0.29, 0.717) is 5.92 Å². The van der Waals surface area contributed by atoms with Gasteiger partial charge >= 0.3 is 5.97 Å². The van der Waals surface area contributed by atoms with Gasteiger partial charge in [0.1, 0.15) is 0 Å². The fourth-order valence-electron chi connectivity index (χ4n) is 4.98. The molecular weight excluding hydrogens is 465 g/mol. The van der Waals surface area contributed by atoms with Crippen molar-refractivity contribution >= 4 is 52.7 Å². The van der Waals surface area contributed by atoms with Crippen LogP contribution in [0.1, 0.15) is 25.7 Å². The van der Waals surface area contributed by atoms with Gasteiger partial charge < -0.3 is 9.64 Å². The minimum atomic E-state index is -0.733. The number of para-hydroxylation sites is 1. The summed E-state index contributed by atoms with van der Waals surface area (Å²) >= 11 is 3.81. The standard InChI is InChI=1S/C27H30NO2PS2/c1-28-21-8-4-6-10-23(21)32-25(28)16-20(18-12-14-19(15-13-18)27(29)30-2)17-26-31(3)22-9-5-7-11-24(22)33-26/h4-11,16-19,31H,12-15H2,1-3H3/b20-17-,25-16+. The maximum absolute atomic E-state index is 12.1. The number of ether oxygens (including phenoxy) is 1. The van der Waals surface area contributed by atoms with Crippen molar-refractivity contribution in [2.45, 2.75) is 35.5 Å². The first-order valence-electron chi connectivity index (χ1n) is 11.5. The number of fused-ring (bicyclic) bond motifs is 2. The number of allylic oxidation sites excluding steroid dienone is 2. The molecule has 2 heterocycles. The molecule has 33 heavy (non-hydrogen) atoms. The number of carbonyl (C=O) groups excluding carboxylic acids is 1. The summed E-state index contributed by atoms with van der Waals surface area (Å²) in [4.78, 5) is 17.1. The molecule has 6 heteroatoms. The number of hydrogen-bond acceptors (Lipinski definition) is 5. The van der Waals surface area contributed by atoms with Crippen molar-refractivity contribution in [2.24, 2.45) is 11.8 Å². The molecule has 0 amide bonds. The van der Waals surface area contributed by atoms with Crippen molar-refractivity contribution in [3.05, 3.63) is 71.3 Å². The Morgan fingerprint density at radius 3 is 2.36 bits per heavy atom. The zero-order valence-electron chi connectivity index (χ0n) is 19.3. The van der Waals surface area contributed by atoms with Gasteiger partial charge in [0.25, 0.3) is 0 Å². The van der Waals surface area contributed by atoms with E-state index in [1.165, 1.54) is 43.1 Å². The lowest BCUT2D eigenvalue weighted by atomic mass is 9.78. The maximum atomic E-state index is 12.1. The summed E-state index contributed by atoms with van der Waals surface area (Å²) in [5.41, 5.74) is 2.69. The number of nitrogens with zero attached hydrogens (tertiary/aromatic N) is 1. The topological polar surface area (TPSA) is 29.5 Å². The number of thioether (sulfide) groups is 2. The molecule has 5 rings (SSSR count). The van der Waals surface area contributed by atoms with Crippen LogP contribution in [-0.4, -0.2) is 31.4 Å². The number of rotatable bonds is 4. The Kier molecular flexibility index (Phi) is 6.83. The van der Waals surface area contributed by atoms with Crippen LogP contribution in [0.2, 0.25) is 0 Å². The summed E-state index contributed by atoms with van der Waals surface area (Å²) in [6, 6.07) is 17.5. The molecule has 1 unspecified atom stereocenters. The zero-order chi connectivity index (χ0) is 22.9. The van der Waals surface area contributed by atoms with E-state index in [2.05, 4.69) is 79.3 Å². The summed E-state index contributed by atoms with van der Waals surface area (Å²) in [5.74, 6) is 0.480. The van der Waals surface area contributed by atoms with Crippen LogP contribution >= 0.6 is 31.1 Å². The molecule has 3 nitrogen and oxygen atoms in total. The molecule has 0 N–H and O–H groups in total. The number of carbonyl (C=O) groups is 1. The molecule has 1 aliphatic carbocycles. The zero-order valence-corrected chi connectivity index (χ0v) is 22.0. The van der Waals surface area contributed by atoms with Gasteiger partial charge in [-0.1, -0.05) is 61.4 Å². The smallest absolute Gasteiger partial charge is 0.308 e. The summed E-state index contributed by atoms with van der Waals surface area (Å²) in [6.07, 6.45) is 8.80. The first kappa shape index (κ1) is 23.0. The number of methoxy groups -OCH3 is 1. The first-order valence-corrected chi connectivity index (χ1v) is 15.2. The molecule has 3 aliphatic rings. The average molecular weight is 496 g/mol. The number of benzene rings is 2. The number of esters is 1. The van der Waals surface area contributed by atoms with Gasteiger partial charge in [-0.2, -0.15) is 0 Å². The Labute approximate surface area is 206 Å². The van der Waals surface area contributed by atoms with Crippen LogP contribution in [0, 0.1) is 11.8 Å². The predicted octanol–water partition coefficient (Wildman–Crippen LogP) is 6.38. The quantitative estimate of drug-likeness (QED) is 0.363. The second-order valence-corrected chi connectivity index (χ2v) is 13.8. The fraction of sp³-hybridized carbons (Fsp3) is 0.333. The van der Waals surface area contributed by atoms with Gasteiger partial charge in [0.05, 0.1) is 23.7 Å². The third-order valence-corrected chi connectivity index (χ3v) is 12.6. The van der Waals surface area contributed by atoms with Gasteiger partial charge in [0.15, 0.2) is 0 Å². The molecule has 0 saturated heterocycles. The molecule has 2 aromatic rings. The van der Waals surface area contributed by atoms with Crippen molar-refractivity contribution in [3.8, 4) is 0 Å². The van der Waals surface area contributed by atoms with Gasteiger partial charge in [-0.25, -0.2) is 0 Å². The van der Waals surface area contributed by atoms with Crippen LogP contribution < -0.4 is 10.2 Å². The number of hydrogen-bond donors (Lipinski definition) is 0. The van der Waals surface area contributed by atoms with E-state index in [4.69, 9.17) is 4.74 Å². The van der Waals surface area contributed by atoms with E-state index < -0.39 is 7.55 Å².